The van der Waals surface area contributed by atoms with Gasteiger partial charge >= 0.3 is 0 Å². The minimum absolute atomic E-state index is 0.0261. The van der Waals surface area contributed by atoms with E-state index in [1.807, 2.05) is 25.1 Å². The van der Waals surface area contributed by atoms with Gasteiger partial charge in [-0.05, 0) is 55.0 Å². The van der Waals surface area contributed by atoms with E-state index in [9.17, 15) is 4.79 Å². The minimum Gasteiger partial charge on any atom is -0.349 e. The number of nitrogens with one attached hydrogen (secondary N) is 1. The summed E-state index contributed by atoms with van der Waals surface area (Å²) in [5, 5.41) is 3.18. The van der Waals surface area contributed by atoms with Crippen molar-refractivity contribution >= 4 is 21.8 Å². The lowest BCUT2D eigenvalue weighted by molar-refractivity contribution is 0.0933. The Bertz CT molecular complexity index is 681. The van der Waals surface area contributed by atoms with E-state index in [1.165, 1.54) is 11.1 Å². The lowest BCUT2D eigenvalue weighted by Crippen LogP contribution is -2.39. The van der Waals surface area contributed by atoms with Crippen molar-refractivity contribution in [2.24, 2.45) is 0 Å². The first-order valence-corrected chi connectivity index (χ1v) is 8.06. The molecule has 2 nitrogen and oxygen atoms in total. The molecule has 0 spiro atoms. The van der Waals surface area contributed by atoms with Crippen LogP contribution in [0.1, 0.15) is 33.5 Å². The van der Waals surface area contributed by atoms with E-state index < -0.39 is 0 Å². The van der Waals surface area contributed by atoms with Crippen molar-refractivity contribution in [2.75, 3.05) is 0 Å². The maximum atomic E-state index is 12.5. The summed E-state index contributed by atoms with van der Waals surface area (Å²) in [6.07, 6.45) is 2.98. The highest BCUT2D eigenvalue weighted by Crippen LogP contribution is 2.22. The van der Waals surface area contributed by atoms with E-state index in [4.69, 9.17) is 0 Å². The number of carbonyl (C=O) groups excluding carboxylic acids is 1. The Balaban J connectivity index is 1.73. The van der Waals surface area contributed by atoms with Crippen molar-refractivity contribution < 1.29 is 4.79 Å². The first-order chi connectivity index (χ1) is 10.1. The van der Waals surface area contributed by atoms with Gasteiger partial charge < -0.3 is 5.32 Å². The summed E-state index contributed by atoms with van der Waals surface area (Å²) in [5.41, 5.74) is 4.54. The van der Waals surface area contributed by atoms with Crippen LogP contribution in [0, 0.1) is 6.92 Å². The number of rotatable bonds is 2. The van der Waals surface area contributed by atoms with Crippen LogP contribution in [0.2, 0.25) is 0 Å². The molecule has 1 amide bonds. The molecule has 0 radical (unpaired) electrons. The summed E-state index contributed by atoms with van der Waals surface area (Å²) in [5.74, 6) is 0.0261. The Morgan fingerprint density at radius 2 is 1.95 bits per heavy atom. The number of amides is 1. The van der Waals surface area contributed by atoms with Crippen molar-refractivity contribution in [1.82, 2.24) is 5.32 Å². The number of hydrogen-bond acceptors (Lipinski definition) is 1. The molecular formula is C18H18BrNO. The molecule has 108 valence electrons. The second-order valence-corrected chi connectivity index (χ2v) is 6.56. The van der Waals surface area contributed by atoms with Crippen molar-refractivity contribution in [1.29, 1.82) is 0 Å². The van der Waals surface area contributed by atoms with E-state index in [2.05, 4.69) is 45.5 Å². The molecule has 1 aliphatic carbocycles. The minimum atomic E-state index is 0.0261. The quantitative estimate of drug-likeness (QED) is 0.875. The highest BCUT2D eigenvalue weighted by molar-refractivity contribution is 9.10. The predicted molar refractivity (Wildman–Crippen MR) is 88.6 cm³/mol. The summed E-state index contributed by atoms with van der Waals surface area (Å²) in [7, 11) is 0. The predicted octanol–water partition coefficient (Wildman–Crippen LogP) is 4.04. The van der Waals surface area contributed by atoms with Gasteiger partial charge in [0.25, 0.3) is 5.91 Å². The van der Waals surface area contributed by atoms with Gasteiger partial charge in [-0.1, -0.05) is 46.3 Å². The highest BCUT2D eigenvalue weighted by Gasteiger charge is 2.21. The molecule has 0 heterocycles. The Morgan fingerprint density at radius 3 is 2.76 bits per heavy atom. The molecule has 0 aliphatic heterocycles. The number of carbonyl (C=O) groups is 1. The maximum absolute atomic E-state index is 12.5. The molecule has 1 N–H and O–H groups in total. The highest BCUT2D eigenvalue weighted by atomic mass is 79.9. The fourth-order valence-corrected chi connectivity index (χ4v) is 3.28. The Kier molecular flexibility index (Phi) is 4.11. The van der Waals surface area contributed by atoms with Crippen LogP contribution < -0.4 is 5.32 Å². The van der Waals surface area contributed by atoms with Gasteiger partial charge in [0.15, 0.2) is 0 Å². The van der Waals surface area contributed by atoms with Crippen LogP contribution in [0.15, 0.2) is 46.9 Å². The maximum Gasteiger partial charge on any atom is 0.251 e. The van der Waals surface area contributed by atoms with Crippen molar-refractivity contribution in [3.63, 3.8) is 0 Å². The van der Waals surface area contributed by atoms with Crippen molar-refractivity contribution in [2.45, 2.75) is 32.2 Å². The van der Waals surface area contributed by atoms with Crippen molar-refractivity contribution in [3.05, 3.63) is 69.2 Å². The fourth-order valence-electron chi connectivity index (χ4n) is 2.92. The second kappa shape index (κ2) is 6.02. The third kappa shape index (κ3) is 3.18. The molecule has 2 aromatic carbocycles. The van der Waals surface area contributed by atoms with E-state index in [-0.39, 0.29) is 11.9 Å². The molecular weight excluding hydrogens is 326 g/mol. The number of aryl methyl sites for hydroxylation is 2. The third-order valence-electron chi connectivity index (χ3n) is 4.13. The first-order valence-electron chi connectivity index (χ1n) is 7.27. The molecule has 1 aliphatic rings. The van der Waals surface area contributed by atoms with Crippen LogP contribution in [0.3, 0.4) is 0 Å². The Hall–Kier alpha value is -1.61. The van der Waals surface area contributed by atoms with Crippen LogP contribution >= 0.6 is 15.9 Å². The molecule has 1 unspecified atom stereocenters. The monoisotopic (exact) mass is 343 g/mol. The number of halogens is 1. The molecule has 3 heteroatoms. The van der Waals surface area contributed by atoms with E-state index in [0.29, 0.717) is 0 Å². The van der Waals surface area contributed by atoms with Gasteiger partial charge in [-0.15, -0.1) is 0 Å². The van der Waals surface area contributed by atoms with E-state index >= 15 is 0 Å². The fraction of sp³-hybridized carbons (Fsp3) is 0.278. The smallest absolute Gasteiger partial charge is 0.251 e. The topological polar surface area (TPSA) is 29.1 Å². The Morgan fingerprint density at radius 1 is 1.19 bits per heavy atom. The Labute approximate surface area is 133 Å². The SMILES string of the molecule is Cc1ccc(Br)cc1C(=O)NC1CCc2ccccc2C1. The van der Waals surface area contributed by atoms with Gasteiger partial charge in [-0.2, -0.15) is 0 Å². The number of fused-ring (bicyclic) bond motifs is 1. The van der Waals surface area contributed by atoms with Crippen molar-refractivity contribution in [3.8, 4) is 0 Å². The molecule has 2 aromatic rings. The van der Waals surface area contributed by atoms with Gasteiger partial charge in [-0.3, -0.25) is 4.79 Å². The average molecular weight is 344 g/mol. The largest absolute Gasteiger partial charge is 0.349 e. The lowest BCUT2D eigenvalue weighted by Gasteiger charge is -2.25. The molecule has 3 rings (SSSR count). The molecule has 1 atom stereocenters. The molecule has 21 heavy (non-hydrogen) atoms. The normalized spacial score (nSPS) is 17.1. The zero-order chi connectivity index (χ0) is 14.8. The van der Waals surface area contributed by atoms with Crippen LogP contribution in [-0.4, -0.2) is 11.9 Å². The number of hydrogen-bond donors (Lipinski definition) is 1. The van der Waals surface area contributed by atoms with E-state index in [0.717, 1.165) is 34.9 Å². The molecule has 0 fully saturated rings. The van der Waals surface area contributed by atoms with Gasteiger partial charge in [0, 0.05) is 16.1 Å². The first kappa shape index (κ1) is 14.3. The van der Waals surface area contributed by atoms with Crippen LogP contribution in [0.25, 0.3) is 0 Å². The van der Waals surface area contributed by atoms with Crippen LogP contribution in [0.4, 0.5) is 0 Å². The van der Waals surface area contributed by atoms with Crippen LogP contribution in [0.5, 0.6) is 0 Å². The molecule has 0 aromatic heterocycles. The number of benzene rings is 2. The summed E-state index contributed by atoms with van der Waals surface area (Å²) in [6, 6.07) is 14.6. The summed E-state index contributed by atoms with van der Waals surface area (Å²) in [6.45, 7) is 1.97. The summed E-state index contributed by atoms with van der Waals surface area (Å²) >= 11 is 3.43. The standard InChI is InChI=1S/C18H18BrNO/c1-12-6-8-15(19)11-17(12)18(21)20-16-9-7-13-4-2-3-5-14(13)10-16/h2-6,8,11,16H,7,9-10H2,1H3,(H,20,21). The van der Waals surface area contributed by atoms with Gasteiger partial charge in [-0.25, -0.2) is 0 Å². The zero-order valence-electron chi connectivity index (χ0n) is 12.0. The van der Waals surface area contributed by atoms with Gasteiger partial charge in [0.2, 0.25) is 0 Å². The summed E-state index contributed by atoms with van der Waals surface area (Å²) < 4.78 is 0.937. The van der Waals surface area contributed by atoms with Gasteiger partial charge in [0.05, 0.1) is 0 Å². The summed E-state index contributed by atoms with van der Waals surface area (Å²) in [4.78, 5) is 12.5. The van der Waals surface area contributed by atoms with E-state index in [1.54, 1.807) is 0 Å². The molecule has 0 saturated carbocycles. The van der Waals surface area contributed by atoms with Gasteiger partial charge in [0.1, 0.15) is 0 Å². The molecule has 0 bridgehead atoms. The second-order valence-electron chi connectivity index (χ2n) is 5.64. The zero-order valence-corrected chi connectivity index (χ0v) is 13.6. The third-order valence-corrected chi connectivity index (χ3v) is 4.62. The lowest BCUT2D eigenvalue weighted by atomic mass is 9.88. The average Bonchev–Trinajstić information content (AvgIpc) is 2.49. The molecule has 0 saturated heterocycles. The van der Waals surface area contributed by atoms with Crippen LogP contribution in [-0.2, 0) is 12.8 Å².